The van der Waals surface area contributed by atoms with Crippen LogP contribution in [0.2, 0.25) is 0 Å². The molecule has 0 aliphatic rings. The van der Waals surface area contributed by atoms with Crippen LogP contribution in [-0.4, -0.2) is 29.5 Å². The number of aryl methyl sites for hydroxylation is 1. The fourth-order valence-electron chi connectivity index (χ4n) is 1.62. The van der Waals surface area contributed by atoms with Crippen molar-refractivity contribution in [2.75, 3.05) is 13.7 Å². The normalized spacial score (nSPS) is 10.3. The SMILES string of the molecule is COC(=O)COc1cc(-c2ccccc2F)n(C)n1. The summed E-state index contributed by atoms with van der Waals surface area (Å²) in [5, 5.41) is 4.05. The van der Waals surface area contributed by atoms with E-state index in [4.69, 9.17) is 4.74 Å². The second kappa shape index (κ2) is 5.51. The lowest BCUT2D eigenvalue weighted by Crippen LogP contribution is -2.12. The summed E-state index contributed by atoms with van der Waals surface area (Å²) in [4.78, 5) is 11.0. The zero-order valence-electron chi connectivity index (χ0n) is 10.6. The molecule has 0 fully saturated rings. The molecular formula is C13H13FN2O3. The molecule has 0 amide bonds. The molecule has 5 nitrogen and oxygen atoms in total. The van der Waals surface area contributed by atoms with Crippen molar-refractivity contribution >= 4 is 5.97 Å². The molecule has 6 heteroatoms. The second-order valence-electron chi connectivity index (χ2n) is 3.84. The maximum atomic E-state index is 13.7. The van der Waals surface area contributed by atoms with Gasteiger partial charge in [0.15, 0.2) is 6.61 Å². The fourth-order valence-corrected chi connectivity index (χ4v) is 1.62. The van der Waals surface area contributed by atoms with E-state index in [2.05, 4.69) is 9.84 Å². The summed E-state index contributed by atoms with van der Waals surface area (Å²) in [5.41, 5.74) is 0.989. The average molecular weight is 264 g/mol. The number of carbonyl (C=O) groups is 1. The van der Waals surface area contributed by atoms with Gasteiger partial charge in [0.25, 0.3) is 0 Å². The van der Waals surface area contributed by atoms with Gasteiger partial charge in [0, 0.05) is 18.7 Å². The average Bonchev–Trinajstić information content (AvgIpc) is 2.77. The standard InChI is InChI=1S/C13H13FN2O3/c1-16-11(9-5-3-4-6-10(9)14)7-12(15-16)19-8-13(17)18-2/h3-7H,8H2,1-2H3. The molecule has 1 aromatic heterocycles. The summed E-state index contributed by atoms with van der Waals surface area (Å²) in [6, 6.07) is 7.94. The Morgan fingerprint density at radius 3 is 2.84 bits per heavy atom. The van der Waals surface area contributed by atoms with Gasteiger partial charge in [-0.05, 0) is 12.1 Å². The number of ether oxygens (including phenoxy) is 2. The van der Waals surface area contributed by atoms with Crippen molar-refractivity contribution in [2.24, 2.45) is 7.05 Å². The Morgan fingerprint density at radius 1 is 1.42 bits per heavy atom. The van der Waals surface area contributed by atoms with Gasteiger partial charge in [-0.1, -0.05) is 12.1 Å². The molecule has 0 bridgehead atoms. The lowest BCUT2D eigenvalue weighted by atomic mass is 10.1. The number of benzene rings is 1. The van der Waals surface area contributed by atoms with E-state index in [0.29, 0.717) is 11.3 Å². The molecule has 0 atom stereocenters. The van der Waals surface area contributed by atoms with Crippen LogP contribution in [0.3, 0.4) is 0 Å². The van der Waals surface area contributed by atoms with Crippen LogP contribution in [0.5, 0.6) is 5.88 Å². The molecule has 1 aromatic carbocycles. The van der Waals surface area contributed by atoms with Crippen LogP contribution in [0.15, 0.2) is 30.3 Å². The van der Waals surface area contributed by atoms with Gasteiger partial charge in [-0.15, -0.1) is 5.10 Å². The van der Waals surface area contributed by atoms with Crippen molar-refractivity contribution in [2.45, 2.75) is 0 Å². The Morgan fingerprint density at radius 2 is 2.16 bits per heavy atom. The third-order valence-electron chi connectivity index (χ3n) is 2.57. The first-order valence-electron chi connectivity index (χ1n) is 5.60. The van der Waals surface area contributed by atoms with Crippen molar-refractivity contribution in [1.29, 1.82) is 0 Å². The molecule has 0 N–H and O–H groups in total. The van der Waals surface area contributed by atoms with Gasteiger partial charge in [-0.3, -0.25) is 4.68 Å². The van der Waals surface area contributed by atoms with Crippen molar-refractivity contribution in [3.63, 3.8) is 0 Å². The van der Waals surface area contributed by atoms with Crippen molar-refractivity contribution < 1.29 is 18.7 Å². The lowest BCUT2D eigenvalue weighted by molar-refractivity contribution is -0.143. The van der Waals surface area contributed by atoms with E-state index in [0.717, 1.165) is 0 Å². The fraction of sp³-hybridized carbons (Fsp3) is 0.231. The number of carbonyl (C=O) groups excluding carboxylic acids is 1. The van der Waals surface area contributed by atoms with Gasteiger partial charge in [0.05, 0.1) is 12.8 Å². The molecule has 0 unspecified atom stereocenters. The first-order chi connectivity index (χ1) is 9.11. The smallest absolute Gasteiger partial charge is 0.343 e. The van der Waals surface area contributed by atoms with Gasteiger partial charge < -0.3 is 9.47 Å². The van der Waals surface area contributed by atoms with Gasteiger partial charge >= 0.3 is 5.97 Å². The molecule has 0 spiro atoms. The van der Waals surface area contributed by atoms with Crippen LogP contribution in [0.1, 0.15) is 0 Å². The molecule has 2 rings (SSSR count). The molecule has 1 heterocycles. The highest BCUT2D eigenvalue weighted by molar-refractivity contribution is 5.71. The van der Waals surface area contributed by atoms with E-state index < -0.39 is 5.97 Å². The molecule has 0 saturated carbocycles. The van der Waals surface area contributed by atoms with Crippen LogP contribution >= 0.6 is 0 Å². The Labute approximate surface area is 109 Å². The van der Waals surface area contributed by atoms with Crippen LogP contribution < -0.4 is 4.74 Å². The number of halogens is 1. The third kappa shape index (κ3) is 2.90. The van der Waals surface area contributed by atoms with Gasteiger partial charge in [-0.2, -0.15) is 0 Å². The Bertz CT molecular complexity index is 595. The Kier molecular flexibility index (Phi) is 3.79. The summed E-state index contributed by atoms with van der Waals surface area (Å²) in [7, 11) is 2.95. The number of esters is 1. The summed E-state index contributed by atoms with van der Waals surface area (Å²) < 4.78 is 24.8. The summed E-state index contributed by atoms with van der Waals surface area (Å²) in [6.07, 6.45) is 0. The predicted molar refractivity (Wildman–Crippen MR) is 66.1 cm³/mol. The van der Waals surface area contributed by atoms with E-state index in [1.807, 2.05) is 0 Å². The molecule has 19 heavy (non-hydrogen) atoms. The molecule has 0 aliphatic heterocycles. The van der Waals surface area contributed by atoms with Crippen LogP contribution in [-0.2, 0) is 16.6 Å². The highest BCUT2D eigenvalue weighted by atomic mass is 19.1. The quantitative estimate of drug-likeness (QED) is 0.790. The predicted octanol–water partition coefficient (Wildman–Crippen LogP) is 1.78. The first kappa shape index (κ1) is 13.1. The van der Waals surface area contributed by atoms with E-state index in [-0.39, 0.29) is 18.3 Å². The first-order valence-corrected chi connectivity index (χ1v) is 5.60. The maximum Gasteiger partial charge on any atom is 0.343 e. The molecule has 2 aromatic rings. The minimum absolute atomic E-state index is 0.232. The lowest BCUT2D eigenvalue weighted by Gasteiger charge is -2.01. The molecular weight excluding hydrogens is 251 g/mol. The Hall–Kier alpha value is -2.37. The number of hydrogen-bond donors (Lipinski definition) is 0. The van der Waals surface area contributed by atoms with E-state index in [9.17, 15) is 9.18 Å². The van der Waals surface area contributed by atoms with Crippen LogP contribution in [0.4, 0.5) is 4.39 Å². The zero-order valence-corrected chi connectivity index (χ0v) is 10.6. The van der Waals surface area contributed by atoms with Crippen LogP contribution in [0.25, 0.3) is 11.3 Å². The molecule has 100 valence electrons. The number of rotatable bonds is 4. The zero-order chi connectivity index (χ0) is 13.8. The summed E-state index contributed by atoms with van der Waals surface area (Å²) in [5.74, 6) is -0.603. The second-order valence-corrected chi connectivity index (χ2v) is 3.84. The Balaban J connectivity index is 2.22. The highest BCUT2D eigenvalue weighted by Gasteiger charge is 2.12. The number of nitrogens with zero attached hydrogens (tertiary/aromatic N) is 2. The minimum atomic E-state index is -0.502. The highest BCUT2D eigenvalue weighted by Crippen LogP contribution is 2.25. The van der Waals surface area contributed by atoms with Crippen molar-refractivity contribution in [3.05, 3.63) is 36.1 Å². The monoisotopic (exact) mass is 264 g/mol. The molecule has 0 aliphatic carbocycles. The van der Waals surface area contributed by atoms with Gasteiger partial charge in [0.1, 0.15) is 5.82 Å². The maximum absolute atomic E-state index is 13.7. The summed E-state index contributed by atoms with van der Waals surface area (Å²) >= 11 is 0. The van der Waals surface area contributed by atoms with E-state index in [1.54, 1.807) is 31.3 Å². The van der Waals surface area contributed by atoms with Gasteiger partial charge in [0.2, 0.25) is 5.88 Å². The van der Waals surface area contributed by atoms with Crippen molar-refractivity contribution in [3.8, 4) is 17.1 Å². The topological polar surface area (TPSA) is 53.4 Å². The summed E-state index contributed by atoms with van der Waals surface area (Å²) in [6.45, 7) is -0.232. The number of aromatic nitrogens is 2. The largest absolute Gasteiger partial charge is 0.466 e. The minimum Gasteiger partial charge on any atom is -0.466 e. The van der Waals surface area contributed by atoms with Crippen LogP contribution in [0, 0.1) is 5.82 Å². The third-order valence-corrected chi connectivity index (χ3v) is 2.57. The number of hydrogen-bond acceptors (Lipinski definition) is 4. The van der Waals surface area contributed by atoms with Gasteiger partial charge in [-0.25, -0.2) is 9.18 Å². The number of methoxy groups -OCH3 is 1. The van der Waals surface area contributed by atoms with Crippen molar-refractivity contribution in [1.82, 2.24) is 9.78 Å². The van der Waals surface area contributed by atoms with E-state index >= 15 is 0 Å². The van der Waals surface area contributed by atoms with E-state index in [1.165, 1.54) is 17.9 Å². The molecule has 0 radical (unpaired) electrons. The molecule has 0 saturated heterocycles.